The van der Waals surface area contributed by atoms with Gasteiger partial charge in [0, 0.05) is 17.5 Å². The average Bonchev–Trinajstić information content (AvgIpc) is 2.76. The van der Waals surface area contributed by atoms with Crippen LogP contribution < -0.4 is 10.6 Å². The summed E-state index contributed by atoms with van der Waals surface area (Å²) >= 11 is 1.42. The number of hydrogen-bond acceptors (Lipinski definition) is 4. The minimum atomic E-state index is -0.385. The summed E-state index contributed by atoms with van der Waals surface area (Å²) in [4.78, 5) is 16.1. The molecule has 0 spiro atoms. The zero-order valence-electron chi connectivity index (χ0n) is 11.1. The third-order valence-corrected chi connectivity index (χ3v) is 3.80. The molecule has 0 saturated carbocycles. The van der Waals surface area contributed by atoms with E-state index >= 15 is 0 Å². The van der Waals surface area contributed by atoms with Crippen molar-refractivity contribution in [2.24, 2.45) is 0 Å². The highest BCUT2D eigenvalue weighted by Crippen LogP contribution is 2.17. The largest absolute Gasteiger partial charge is 0.396 e. The molecule has 0 bridgehead atoms. The average molecular weight is 271 g/mol. The van der Waals surface area contributed by atoms with E-state index in [4.69, 9.17) is 5.11 Å². The quantitative estimate of drug-likeness (QED) is 0.743. The highest BCUT2D eigenvalue weighted by molar-refractivity contribution is 7.13. The second kappa shape index (κ2) is 6.70. The molecule has 5 nitrogen and oxygen atoms in total. The van der Waals surface area contributed by atoms with Gasteiger partial charge in [0.05, 0.1) is 5.69 Å². The second-order valence-electron chi connectivity index (χ2n) is 4.46. The Morgan fingerprint density at radius 2 is 2.28 bits per heavy atom. The van der Waals surface area contributed by atoms with Crippen LogP contribution in [0.1, 0.15) is 39.3 Å². The van der Waals surface area contributed by atoms with Crippen molar-refractivity contribution in [2.75, 3.05) is 11.9 Å². The molecule has 1 unspecified atom stereocenters. The first-order chi connectivity index (χ1) is 8.53. The molecular weight excluding hydrogens is 250 g/mol. The minimum absolute atomic E-state index is 0.0574. The third-order valence-electron chi connectivity index (χ3n) is 2.99. The van der Waals surface area contributed by atoms with Crippen molar-refractivity contribution in [1.82, 2.24) is 10.3 Å². The van der Waals surface area contributed by atoms with Gasteiger partial charge < -0.3 is 10.4 Å². The maximum atomic E-state index is 11.8. The number of urea groups is 1. The van der Waals surface area contributed by atoms with Gasteiger partial charge in [0.1, 0.15) is 0 Å². The van der Waals surface area contributed by atoms with E-state index < -0.39 is 0 Å². The minimum Gasteiger partial charge on any atom is -0.396 e. The van der Waals surface area contributed by atoms with Crippen molar-refractivity contribution < 1.29 is 9.90 Å². The molecule has 6 heteroatoms. The summed E-state index contributed by atoms with van der Waals surface area (Å²) in [6.45, 7) is 5.98. The molecule has 0 fully saturated rings. The van der Waals surface area contributed by atoms with Crippen LogP contribution in [0.3, 0.4) is 0 Å². The van der Waals surface area contributed by atoms with Crippen LogP contribution in [-0.2, 0) is 6.42 Å². The summed E-state index contributed by atoms with van der Waals surface area (Å²) in [5, 5.41) is 17.1. The molecule has 1 aromatic rings. The van der Waals surface area contributed by atoms with Crippen LogP contribution in [0.5, 0.6) is 0 Å². The van der Waals surface area contributed by atoms with Crippen LogP contribution in [0, 0.1) is 0 Å². The van der Waals surface area contributed by atoms with Crippen molar-refractivity contribution in [3.05, 3.63) is 11.1 Å². The molecule has 0 aliphatic heterocycles. The first-order valence-corrected chi connectivity index (χ1v) is 7.05. The van der Waals surface area contributed by atoms with Crippen LogP contribution in [0.15, 0.2) is 5.38 Å². The van der Waals surface area contributed by atoms with Crippen LogP contribution in [0.2, 0.25) is 0 Å². The number of carbonyl (C=O) groups excluding carboxylic acids is 1. The fraction of sp³-hybridized carbons (Fsp3) is 0.667. The number of nitrogens with zero attached hydrogens (tertiary/aromatic N) is 1. The fourth-order valence-electron chi connectivity index (χ4n) is 1.50. The molecular formula is C12H21N3O2S. The maximum absolute atomic E-state index is 11.8. The van der Waals surface area contributed by atoms with Gasteiger partial charge in [-0.1, -0.05) is 13.8 Å². The number of amides is 2. The van der Waals surface area contributed by atoms with Gasteiger partial charge in [-0.2, -0.15) is 0 Å². The summed E-state index contributed by atoms with van der Waals surface area (Å²) < 4.78 is 0. The Balaban J connectivity index is 2.55. The Morgan fingerprint density at radius 3 is 2.78 bits per heavy atom. The third kappa shape index (κ3) is 4.27. The fourth-order valence-corrected chi connectivity index (χ4v) is 2.29. The Morgan fingerprint density at radius 1 is 1.56 bits per heavy atom. The number of hydrogen-bond donors (Lipinski definition) is 3. The number of anilines is 1. The molecule has 0 aliphatic rings. The topological polar surface area (TPSA) is 74.2 Å². The second-order valence-corrected chi connectivity index (χ2v) is 5.32. The van der Waals surface area contributed by atoms with Crippen molar-refractivity contribution >= 4 is 22.5 Å². The van der Waals surface area contributed by atoms with E-state index in [0.29, 0.717) is 11.6 Å². The molecule has 1 rings (SSSR count). The standard InChI is InChI=1S/C12H21N3O2S/c1-4-9-8-18-11(13-9)14-10(17)15-12(3,5-2)6-7-16/h8,16H,4-7H2,1-3H3,(H2,13,14,15,17). The molecule has 2 amide bonds. The lowest BCUT2D eigenvalue weighted by Crippen LogP contribution is -2.48. The van der Waals surface area contributed by atoms with Gasteiger partial charge in [-0.3, -0.25) is 5.32 Å². The molecule has 0 aromatic carbocycles. The summed E-state index contributed by atoms with van der Waals surface area (Å²) in [6.07, 6.45) is 2.16. The number of aliphatic hydroxyl groups excluding tert-OH is 1. The molecule has 1 aromatic heterocycles. The SMILES string of the molecule is CCc1csc(NC(=O)NC(C)(CC)CCO)n1. The number of rotatable bonds is 6. The smallest absolute Gasteiger partial charge is 0.321 e. The van der Waals surface area contributed by atoms with Gasteiger partial charge >= 0.3 is 6.03 Å². The zero-order valence-corrected chi connectivity index (χ0v) is 11.9. The van der Waals surface area contributed by atoms with Gasteiger partial charge in [0.25, 0.3) is 0 Å². The molecule has 102 valence electrons. The molecule has 0 radical (unpaired) electrons. The van der Waals surface area contributed by atoms with Crippen LogP contribution in [0.25, 0.3) is 0 Å². The van der Waals surface area contributed by atoms with E-state index in [2.05, 4.69) is 15.6 Å². The number of nitrogens with one attached hydrogen (secondary N) is 2. The lowest BCUT2D eigenvalue weighted by molar-refractivity contribution is 0.208. The van der Waals surface area contributed by atoms with E-state index in [1.807, 2.05) is 26.2 Å². The van der Waals surface area contributed by atoms with Crippen LogP contribution in [0.4, 0.5) is 9.93 Å². The van der Waals surface area contributed by atoms with E-state index in [1.165, 1.54) is 11.3 Å². The summed E-state index contributed by atoms with van der Waals surface area (Å²) in [5.74, 6) is 0. The molecule has 1 heterocycles. The van der Waals surface area contributed by atoms with Crippen LogP contribution >= 0.6 is 11.3 Å². The van der Waals surface area contributed by atoms with Crippen molar-refractivity contribution in [3.63, 3.8) is 0 Å². The normalized spacial score (nSPS) is 14.0. The monoisotopic (exact) mass is 271 g/mol. The van der Waals surface area contributed by atoms with Gasteiger partial charge in [0.2, 0.25) is 0 Å². The Labute approximate surface area is 112 Å². The summed E-state index contributed by atoms with van der Waals surface area (Å²) in [6, 6.07) is -0.273. The predicted octanol–water partition coefficient (Wildman–Crippen LogP) is 2.38. The first-order valence-electron chi connectivity index (χ1n) is 6.17. The summed E-state index contributed by atoms with van der Waals surface area (Å²) in [7, 11) is 0. The molecule has 0 aliphatic carbocycles. The molecule has 18 heavy (non-hydrogen) atoms. The van der Waals surface area contributed by atoms with Crippen molar-refractivity contribution in [2.45, 2.75) is 45.6 Å². The van der Waals surface area contributed by atoms with Gasteiger partial charge in [-0.05, 0) is 26.2 Å². The molecule has 0 saturated heterocycles. The van der Waals surface area contributed by atoms with E-state index in [-0.39, 0.29) is 18.2 Å². The predicted molar refractivity (Wildman–Crippen MR) is 74.0 cm³/mol. The highest BCUT2D eigenvalue weighted by Gasteiger charge is 2.23. The number of carbonyl (C=O) groups is 1. The highest BCUT2D eigenvalue weighted by atomic mass is 32.1. The zero-order chi connectivity index (χ0) is 13.6. The van der Waals surface area contributed by atoms with E-state index in [9.17, 15) is 4.79 Å². The Bertz CT molecular complexity index is 394. The number of thiazole rings is 1. The van der Waals surface area contributed by atoms with Crippen LogP contribution in [-0.4, -0.2) is 28.3 Å². The Kier molecular flexibility index (Phi) is 5.55. The maximum Gasteiger partial charge on any atom is 0.321 e. The van der Waals surface area contributed by atoms with E-state index in [1.54, 1.807) is 0 Å². The number of aromatic nitrogens is 1. The number of aliphatic hydroxyl groups is 1. The van der Waals surface area contributed by atoms with Gasteiger partial charge in [0.15, 0.2) is 5.13 Å². The summed E-state index contributed by atoms with van der Waals surface area (Å²) in [5.41, 5.74) is 0.591. The van der Waals surface area contributed by atoms with E-state index in [0.717, 1.165) is 18.5 Å². The number of aryl methyl sites for hydroxylation is 1. The lowest BCUT2D eigenvalue weighted by Gasteiger charge is -2.28. The van der Waals surface area contributed by atoms with Gasteiger partial charge in [-0.15, -0.1) is 11.3 Å². The first kappa shape index (κ1) is 14.9. The van der Waals surface area contributed by atoms with Crippen molar-refractivity contribution in [1.29, 1.82) is 0 Å². The lowest BCUT2D eigenvalue weighted by atomic mass is 9.95. The van der Waals surface area contributed by atoms with Gasteiger partial charge in [-0.25, -0.2) is 9.78 Å². The van der Waals surface area contributed by atoms with Crippen molar-refractivity contribution in [3.8, 4) is 0 Å². The molecule has 3 N–H and O–H groups in total. The molecule has 1 atom stereocenters. The Hall–Kier alpha value is -1.14.